The summed E-state index contributed by atoms with van der Waals surface area (Å²) in [6, 6.07) is 57.0. The van der Waals surface area contributed by atoms with Crippen LogP contribution >= 0.6 is 0 Å². The molecule has 0 spiro atoms. The zero-order chi connectivity index (χ0) is 57.5. The maximum atomic E-state index is 6.81. The fraction of sp³-hybridized carbons (Fsp3) is 0.368. The molecule has 2 aliphatic carbocycles. The molecule has 4 aliphatic rings. The van der Waals surface area contributed by atoms with E-state index in [0.29, 0.717) is 0 Å². The summed E-state index contributed by atoms with van der Waals surface area (Å²) in [5.74, 6) is 0. The van der Waals surface area contributed by atoms with E-state index in [2.05, 4.69) is 285 Å². The molecule has 0 saturated heterocycles. The summed E-state index contributed by atoms with van der Waals surface area (Å²) in [5.41, 5.74) is 27.6. The van der Waals surface area contributed by atoms with Crippen molar-refractivity contribution in [2.75, 3.05) is 14.7 Å². The largest absolute Gasteiger partial charge is 0.456 e. The normalized spacial score (nSPS) is 17.4. The Labute approximate surface area is 484 Å². The van der Waals surface area contributed by atoms with Crippen LogP contribution in [0.5, 0.6) is 0 Å². The number of furan rings is 1. The Kier molecular flexibility index (Phi) is 11.5. The SMILES string of the molecule is Cc1cc2c(cc1N1c3cc4c(cc3B3c5ccc(N(c6ccc(C(C)(C)C)cc6)c6ccc(C(C)(C)C)cc6)cc5N(c5cccc6oc7ccccc7c56)c5cc(C(C)(C)C)cc1c53)C(C)(C)CC4(C)C)C(C)(C)CCC2(C)C. The van der Waals surface area contributed by atoms with Crippen LogP contribution in [0.3, 0.4) is 0 Å². The third-order valence-corrected chi connectivity index (χ3v) is 19.7. The molecule has 0 bridgehead atoms. The molecule has 2 aliphatic heterocycles. The van der Waals surface area contributed by atoms with Crippen molar-refractivity contribution >= 4 is 96.2 Å². The van der Waals surface area contributed by atoms with Gasteiger partial charge in [-0.1, -0.05) is 184 Å². The van der Waals surface area contributed by atoms with Gasteiger partial charge in [-0.15, -0.1) is 0 Å². The molecule has 0 N–H and O–H groups in total. The van der Waals surface area contributed by atoms with Gasteiger partial charge in [-0.2, -0.15) is 0 Å². The van der Waals surface area contributed by atoms with Gasteiger partial charge in [0.2, 0.25) is 0 Å². The summed E-state index contributed by atoms with van der Waals surface area (Å²) in [5, 5.41) is 2.24. The molecule has 4 nitrogen and oxygen atoms in total. The number of nitrogens with zero attached hydrogens (tertiary/aromatic N) is 3. The van der Waals surface area contributed by atoms with Crippen LogP contribution in [-0.4, -0.2) is 6.71 Å². The molecule has 0 saturated carbocycles. The summed E-state index contributed by atoms with van der Waals surface area (Å²) in [4.78, 5) is 7.87. The van der Waals surface area contributed by atoms with Crippen molar-refractivity contribution < 1.29 is 4.42 Å². The van der Waals surface area contributed by atoms with Gasteiger partial charge < -0.3 is 19.1 Å². The van der Waals surface area contributed by atoms with Crippen molar-refractivity contribution in [1.29, 1.82) is 0 Å². The van der Waals surface area contributed by atoms with Crippen molar-refractivity contribution in [3.63, 3.8) is 0 Å². The second-order valence-corrected chi connectivity index (χ2v) is 30.6. The van der Waals surface area contributed by atoms with E-state index in [1.807, 2.05) is 0 Å². The van der Waals surface area contributed by atoms with Gasteiger partial charge in [0, 0.05) is 50.9 Å². The molecule has 0 amide bonds. The molecule has 9 aromatic rings. The standard InChI is InChI=1S/C76H84BN3O/c1-46-38-54-56(74(13,14)37-36-73(54,11)12)43-61(46)80-63-44-57-55(75(15,16)45-76(57,17)18)42-59(63)77-58-35-34-52(78(50-30-26-47(27-31-50)70(2,3)4)51-32-28-48(29-33-51)71(5,6)7)41-62(58)79(64-39-49(72(8,9)10)40-65(80)69(64)77)60-23-21-25-67-68(60)53-22-19-20-24-66(53)81-67/h19-35,38-44H,36-37,45H2,1-18H3. The Morgan fingerprint density at radius 2 is 0.901 bits per heavy atom. The zero-order valence-corrected chi connectivity index (χ0v) is 51.8. The Hall–Kier alpha value is -6.98. The minimum absolute atomic E-state index is 0.00299. The number of para-hydroxylation sites is 1. The van der Waals surface area contributed by atoms with Gasteiger partial charge in [0.05, 0.1) is 11.1 Å². The van der Waals surface area contributed by atoms with Crippen LogP contribution < -0.4 is 31.1 Å². The van der Waals surface area contributed by atoms with E-state index < -0.39 is 0 Å². The maximum absolute atomic E-state index is 6.81. The molecule has 412 valence electrons. The summed E-state index contributed by atoms with van der Waals surface area (Å²) < 4.78 is 6.81. The highest BCUT2D eigenvalue weighted by atomic mass is 16.3. The second kappa shape index (κ2) is 17.5. The summed E-state index contributed by atoms with van der Waals surface area (Å²) in [7, 11) is 0. The number of hydrogen-bond acceptors (Lipinski definition) is 4. The van der Waals surface area contributed by atoms with Gasteiger partial charge in [0.25, 0.3) is 6.71 Å². The molecule has 1 aromatic heterocycles. The van der Waals surface area contributed by atoms with Crippen molar-refractivity contribution in [2.24, 2.45) is 0 Å². The second-order valence-electron chi connectivity index (χ2n) is 30.6. The minimum atomic E-state index is -0.189. The zero-order valence-electron chi connectivity index (χ0n) is 51.8. The van der Waals surface area contributed by atoms with Gasteiger partial charge in [-0.25, -0.2) is 0 Å². The predicted octanol–water partition coefficient (Wildman–Crippen LogP) is 19.6. The quantitative estimate of drug-likeness (QED) is 0.160. The Balaban J connectivity index is 1.16. The van der Waals surface area contributed by atoms with E-state index in [4.69, 9.17) is 4.42 Å². The van der Waals surface area contributed by atoms with Crippen molar-refractivity contribution in [3.05, 3.63) is 190 Å². The lowest BCUT2D eigenvalue weighted by molar-refractivity contribution is 0.332. The van der Waals surface area contributed by atoms with E-state index in [9.17, 15) is 0 Å². The summed E-state index contributed by atoms with van der Waals surface area (Å²) in [6.45, 7) is 43.1. The van der Waals surface area contributed by atoms with E-state index in [1.165, 1.54) is 95.8 Å². The minimum Gasteiger partial charge on any atom is -0.456 e. The van der Waals surface area contributed by atoms with Crippen LogP contribution in [0.1, 0.15) is 181 Å². The van der Waals surface area contributed by atoms with Gasteiger partial charge in [0.15, 0.2) is 0 Å². The highest BCUT2D eigenvalue weighted by Gasteiger charge is 2.49. The third-order valence-electron chi connectivity index (χ3n) is 19.7. The average Bonchev–Trinajstić information content (AvgIpc) is 3.92. The maximum Gasteiger partial charge on any atom is 0.252 e. The average molecular weight is 1070 g/mol. The molecule has 3 heterocycles. The molecule has 0 fully saturated rings. The predicted molar refractivity (Wildman–Crippen MR) is 349 cm³/mol. The van der Waals surface area contributed by atoms with Crippen molar-refractivity contribution in [2.45, 2.75) is 182 Å². The molecular formula is C76H84BN3O. The lowest BCUT2D eigenvalue weighted by atomic mass is 9.33. The van der Waals surface area contributed by atoms with E-state index >= 15 is 0 Å². The van der Waals surface area contributed by atoms with E-state index in [-0.39, 0.29) is 44.6 Å². The van der Waals surface area contributed by atoms with Crippen LogP contribution in [0.4, 0.5) is 51.2 Å². The monoisotopic (exact) mass is 1070 g/mol. The first kappa shape index (κ1) is 53.3. The summed E-state index contributed by atoms with van der Waals surface area (Å²) >= 11 is 0. The fourth-order valence-corrected chi connectivity index (χ4v) is 15.1. The van der Waals surface area contributed by atoms with Gasteiger partial charge in [-0.3, -0.25) is 0 Å². The van der Waals surface area contributed by atoms with Crippen molar-refractivity contribution in [3.8, 4) is 0 Å². The molecule has 81 heavy (non-hydrogen) atoms. The first-order valence-electron chi connectivity index (χ1n) is 30.1. The first-order chi connectivity index (χ1) is 37.9. The fourth-order valence-electron chi connectivity index (χ4n) is 15.1. The number of benzene rings is 8. The van der Waals surface area contributed by atoms with Crippen LogP contribution in [0.2, 0.25) is 0 Å². The number of fused-ring (bicyclic) bond motifs is 9. The van der Waals surface area contributed by atoms with Gasteiger partial charge >= 0.3 is 0 Å². The van der Waals surface area contributed by atoms with Crippen molar-refractivity contribution in [1.82, 2.24) is 0 Å². The molecule has 0 unspecified atom stereocenters. The number of rotatable bonds is 5. The molecule has 0 atom stereocenters. The smallest absolute Gasteiger partial charge is 0.252 e. The Morgan fingerprint density at radius 1 is 0.420 bits per heavy atom. The first-order valence-corrected chi connectivity index (χ1v) is 30.1. The number of hydrogen-bond donors (Lipinski definition) is 0. The highest BCUT2D eigenvalue weighted by molar-refractivity contribution is 7.00. The topological polar surface area (TPSA) is 22.9 Å². The lowest BCUT2D eigenvalue weighted by Crippen LogP contribution is -2.61. The van der Waals surface area contributed by atoms with Crippen LogP contribution in [-0.2, 0) is 37.9 Å². The third kappa shape index (κ3) is 8.35. The Morgan fingerprint density at radius 3 is 1.48 bits per heavy atom. The Bertz CT molecular complexity index is 3990. The van der Waals surface area contributed by atoms with Crippen LogP contribution in [0.15, 0.2) is 150 Å². The van der Waals surface area contributed by atoms with Gasteiger partial charge in [0.1, 0.15) is 11.2 Å². The molecular weight excluding hydrogens is 982 g/mol. The number of anilines is 9. The lowest BCUT2D eigenvalue weighted by Gasteiger charge is -2.47. The van der Waals surface area contributed by atoms with E-state index in [0.717, 1.165) is 57.5 Å². The number of aryl methyl sites for hydroxylation is 1. The molecule has 0 radical (unpaired) electrons. The molecule has 13 rings (SSSR count). The molecule has 8 aromatic carbocycles. The van der Waals surface area contributed by atoms with E-state index in [1.54, 1.807) is 0 Å². The molecule has 5 heteroatoms. The summed E-state index contributed by atoms with van der Waals surface area (Å²) in [6.07, 6.45) is 3.43. The van der Waals surface area contributed by atoms with Gasteiger partial charge in [-0.05, 0) is 204 Å². The highest BCUT2D eigenvalue weighted by Crippen LogP contribution is 2.56. The van der Waals surface area contributed by atoms with Crippen LogP contribution in [0, 0.1) is 6.92 Å². The van der Waals surface area contributed by atoms with Crippen LogP contribution in [0.25, 0.3) is 21.9 Å².